The summed E-state index contributed by atoms with van der Waals surface area (Å²) in [6.45, 7) is 4.19. The largest absolute Gasteiger partial charge is 0.496 e. The summed E-state index contributed by atoms with van der Waals surface area (Å²) < 4.78 is 5.30. The number of thiocarbonyl (C=S) groups is 1. The highest BCUT2D eigenvalue weighted by molar-refractivity contribution is 7.80. The maximum atomic E-state index is 13.0. The van der Waals surface area contributed by atoms with Crippen LogP contribution in [0.3, 0.4) is 0 Å². The molecule has 0 atom stereocenters. The van der Waals surface area contributed by atoms with Gasteiger partial charge in [-0.1, -0.05) is 44.2 Å². The molecule has 0 aromatic heterocycles. The molecule has 6 heteroatoms. The SMILES string of the molecule is COc1ccccc1/C=C1\C(=O)NC(=S)N(c2ccc(C(C)C)cc2)C1=O. The summed E-state index contributed by atoms with van der Waals surface area (Å²) in [7, 11) is 1.54. The summed E-state index contributed by atoms with van der Waals surface area (Å²) in [4.78, 5) is 26.8. The van der Waals surface area contributed by atoms with Crippen molar-refractivity contribution in [3.8, 4) is 5.75 Å². The highest BCUT2D eigenvalue weighted by Gasteiger charge is 2.34. The van der Waals surface area contributed by atoms with Crippen molar-refractivity contribution >= 4 is 40.9 Å². The van der Waals surface area contributed by atoms with Crippen molar-refractivity contribution in [2.75, 3.05) is 12.0 Å². The fourth-order valence-electron chi connectivity index (χ4n) is 2.84. The van der Waals surface area contributed by atoms with Crippen LogP contribution in [0.4, 0.5) is 5.69 Å². The fourth-order valence-corrected chi connectivity index (χ4v) is 3.12. The van der Waals surface area contributed by atoms with Crippen LogP contribution in [-0.2, 0) is 9.59 Å². The third-order valence-electron chi connectivity index (χ3n) is 4.36. The van der Waals surface area contributed by atoms with E-state index >= 15 is 0 Å². The van der Waals surface area contributed by atoms with Gasteiger partial charge in [-0.2, -0.15) is 0 Å². The zero-order chi connectivity index (χ0) is 19.6. The van der Waals surface area contributed by atoms with Crippen LogP contribution < -0.4 is 15.0 Å². The summed E-state index contributed by atoms with van der Waals surface area (Å²) in [5.41, 5.74) is 2.41. The summed E-state index contributed by atoms with van der Waals surface area (Å²) in [5.74, 6) is -0.0340. The van der Waals surface area contributed by atoms with Gasteiger partial charge in [0, 0.05) is 5.56 Å². The van der Waals surface area contributed by atoms with Crippen LogP contribution in [0.1, 0.15) is 30.9 Å². The van der Waals surface area contributed by atoms with Gasteiger partial charge < -0.3 is 4.74 Å². The molecule has 0 unspecified atom stereocenters. The number of amides is 2. The molecule has 0 spiro atoms. The van der Waals surface area contributed by atoms with Gasteiger partial charge >= 0.3 is 0 Å². The van der Waals surface area contributed by atoms with E-state index in [0.29, 0.717) is 22.9 Å². The van der Waals surface area contributed by atoms with Crippen LogP contribution in [0, 0.1) is 0 Å². The highest BCUT2D eigenvalue weighted by Crippen LogP contribution is 2.26. The topological polar surface area (TPSA) is 58.6 Å². The smallest absolute Gasteiger partial charge is 0.270 e. The molecule has 0 radical (unpaired) electrons. The third kappa shape index (κ3) is 3.75. The predicted molar refractivity (Wildman–Crippen MR) is 110 cm³/mol. The van der Waals surface area contributed by atoms with Gasteiger partial charge in [-0.05, 0) is 48.0 Å². The Bertz CT molecular complexity index is 933. The number of hydrogen-bond donors (Lipinski definition) is 1. The first-order valence-electron chi connectivity index (χ1n) is 8.57. The molecule has 0 aliphatic carbocycles. The first-order chi connectivity index (χ1) is 12.9. The van der Waals surface area contributed by atoms with E-state index in [1.807, 2.05) is 36.4 Å². The summed E-state index contributed by atoms with van der Waals surface area (Å²) in [6, 6.07) is 14.8. The first-order valence-corrected chi connectivity index (χ1v) is 8.97. The molecule has 1 aliphatic rings. The first kappa shape index (κ1) is 18.8. The van der Waals surface area contributed by atoms with Crippen LogP contribution in [0.2, 0.25) is 0 Å². The Morgan fingerprint density at radius 1 is 1.07 bits per heavy atom. The average Bonchev–Trinajstić information content (AvgIpc) is 2.65. The maximum Gasteiger partial charge on any atom is 0.270 e. The van der Waals surface area contributed by atoms with Crippen LogP contribution in [-0.4, -0.2) is 24.0 Å². The molecule has 27 heavy (non-hydrogen) atoms. The lowest BCUT2D eigenvalue weighted by molar-refractivity contribution is -0.122. The minimum Gasteiger partial charge on any atom is -0.496 e. The fraction of sp³-hybridized carbons (Fsp3) is 0.190. The molecule has 0 saturated carbocycles. The Morgan fingerprint density at radius 2 is 1.74 bits per heavy atom. The molecular formula is C21H20N2O3S. The monoisotopic (exact) mass is 380 g/mol. The second-order valence-electron chi connectivity index (χ2n) is 6.45. The number of anilines is 1. The molecular weight excluding hydrogens is 360 g/mol. The zero-order valence-electron chi connectivity index (χ0n) is 15.4. The van der Waals surface area contributed by atoms with Crippen molar-refractivity contribution in [2.45, 2.75) is 19.8 Å². The molecule has 1 heterocycles. The number of methoxy groups -OCH3 is 1. The summed E-state index contributed by atoms with van der Waals surface area (Å²) in [5, 5.41) is 2.66. The number of carbonyl (C=O) groups is 2. The predicted octanol–water partition coefficient (Wildman–Crippen LogP) is 3.65. The van der Waals surface area contributed by atoms with Crippen LogP contribution in [0.25, 0.3) is 6.08 Å². The Kier molecular flexibility index (Phi) is 5.37. The van der Waals surface area contributed by atoms with E-state index < -0.39 is 11.8 Å². The Morgan fingerprint density at radius 3 is 2.37 bits per heavy atom. The molecule has 1 fully saturated rings. The molecule has 1 aliphatic heterocycles. The Balaban J connectivity index is 2.00. The molecule has 0 bridgehead atoms. The van der Waals surface area contributed by atoms with Crippen molar-refractivity contribution in [1.29, 1.82) is 0 Å². The lowest BCUT2D eigenvalue weighted by Gasteiger charge is -2.29. The number of rotatable bonds is 4. The minimum atomic E-state index is -0.522. The number of nitrogens with zero attached hydrogens (tertiary/aromatic N) is 1. The normalized spacial score (nSPS) is 16.1. The molecule has 2 aromatic rings. The number of hydrogen-bond acceptors (Lipinski definition) is 4. The van der Waals surface area contributed by atoms with Gasteiger partial charge in [-0.15, -0.1) is 0 Å². The lowest BCUT2D eigenvalue weighted by atomic mass is 10.0. The molecule has 5 nitrogen and oxygen atoms in total. The second kappa shape index (κ2) is 7.72. The molecule has 2 aromatic carbocycles. The van der Waals surface area contributed by atoms with Gasteiger partial charge in [0.2, 0.25) is 0 Å². The number of para-hydroxylation sites is 1. The Labute approximate surface area is 163 Å². The van der Waals surface area contributed by atoms with Crippen molar-refractivity contribution in [1.82, 2.24) is 5.32 Å². The lowest BCUT2D eigenvalue weighted by Crippen LogP contribution is -2.54. The van der Waals surface area contributed by atoms with Gasteiger partial charge in [0.25, 0.3) is 11.8 Å². The zero-order valence-corrected chi connectivity index (χ0v) is 16.2. The van der Waals surface area contributed by atoms with E-state index in [0.717, 1.165) is 5.56 Å². The van der Waals surface area contributed by atoms with Gasteiger partial charge in [0.1, 0.15) is 11.3 Å². The highest BCUT2D eigenvalue weighted by atomic mass is 32.1. The van der Waals surface area contributed by atoms with E-state index in [1.165, 1.54) is 18.1 Å². The summed E-state index contributed by atoms with van der Waals surface area (Å²) >= 11 is 5.24. The molecule has 1 N–H and O–H groups in total. The quantitative estimate of drug-likeness (QED) is 0.500. The molecule has 2 amide bonds. The van der Waals surface area contributed by atoms with Crippen LogP contribution >= 0.6 is 12.2 Å². The number of nitrogens with one attached hydrogen (secondary N) is 1. The average molecular weight is 380 g/mol. The van der Waals surface area contributed by atoms with Crippen LogP contribution in [0.15, 0.2) is 54.1 Å². The van der Waals surface area contributed by atoms with Crippen molar-refractivity contribution in [3.63, 3.8) is 0 Å². The third-order valence-corrected chi connectivity index (χ3v) is 4.64. The summed E-state index contributed by atoms with van der Waals surface area (Å²) in [6.07, 6.45) is 1.52. The second-order valence-corrected chi connectivity index (χ2v) is 6.83. The number of ether oxygens (including phenoxy) is 1. The number of benzene rings is 2. The molecule has 3 rings (SSSR count). The maximum absolute atomic E-state index is 13.0. The van der Waals surface area contributed by atoms with Gasteiger partial charge in [0.05, 0.1) is 12.8 Å². The van der Waals surface area contributed by atoms with Gasteiger partial charge in [-0.3, -0.25) is 19.8 Å². The standard InChI is InChI=1S/C21H20N2O3S/c1-13(2)14-8-10-16(11-9-14)23-20(25)17(19(24)22-21(23)27)12-15-6-4-5-7-18(15)26-3/h4-13H,1-3H3,(H,22,24,27)/b17-12+. The van der Waals surface area contributed by atoms with Crippen molar-refractivity contribution in [2.24, 2.45) is 0 Å². The number of carbonyl (C=O) groups excluding carboxylic acids is 2. The molecule has 1 saturated heterocycles. The van der Waals surface area contributed by atoms with Gasteiger partial charge in [0.15, 0.2) is 5.11 Å². The van der Waals surface area contributed by atoms with E-state index in [1.54, 1.807) is 12.1 Å². The minimum absolute atomic E-state index is 0.000959. The van der Waals surface area contributed by atoms with E-state index in [-0.39, 0.29) is 10.7 Å². The van der Waals surface area contributed by atoms with E-state index in [4.69, 9.17) is 17.0 Å². The Hall–Kier alpha value is -2.99. The van der Waals surface area contributed by atoms with Crippen molar-refractivity contribution < 1.29 is 14.3 Å². The van der Waals surface area contributed by atoms with Crippen molar-refractivity contribution in [3.05, 3.63) is 65.2 Å². The van der Waals surface area contributed by atoms with Crippen LogP contribution in [0.5, 0.6) is 5.75 Å². The van der Waals surface area contributed by atoms with E-state index in [2.05, 4.69) is 19.2 Å². The van der Waals surface area contributed by atoms with Gasteiger partial charge in [-0.25, -0.2) is 0 Å². The molecule has 138 valence electrons. The van der Waals surface area contributed by atoms with E-state index in [9.17, 15) is 9.59 Å².